The lowest BCUT2D eigenvalue weighted by Crippen LogP contribution is -2.54. The Hall–Kier alpha value is -4.65. The van der Waals surface area contributed by atoms with Crippen molar-refractivity contribution < 1.29 is 39.4 Å². The van der Waals surface area contributed by atoms with Gasteiger partial charge in [0.1, 0.15) is 29.0 Å². The maximum Gasteiger partial charge on any atom is 0.161 e. The van der Waals surface area contributed by atoms with Crippen molar-refractivity contribution in [3.63, 3.8) is 0 Å². The van der Waals surface area contributed by atoms with E-state index < -0.39 is 11.7 Å². The molecule has 4 atom stereocenters. The molecule has 290 valence electrons. The van der Waals surface area contributed by atoms with Gasteiger partial charge >= 0.3 is 0 Å². The molecule has 8 rings (SSSR count). The van der Waals surface area contributed by atoms with E-state index in [1.54, 1.807) is 6.07 Å². The monoisotopic (exact) mass is 749 g/mol. The minimum atomic E-state index is -0.907. The number of ether oxygens (including phenoxy) is 4. The number of rotatable bonds is 13. The van der Waals surface area contributed by atoms with Gasteiger partial charge in [0, 0.05) is 36.3 Å². The van der Waals surface area contributed by atoms with Crippen molar-refractivity contribution in [2.45, 2.75) is 68.7 Å². The zero-order valence-corrected chi connectivity index (χ0v) is 31.8. The van der Waals surface area contributed by atoms with Gasteiger partial charge in [0.15, 0.2) is 17.6 Å². The summed E-state index contributed by atoms with van der Waals surface area (Å²) in [5.74, 6) is 2.13. The van der Waals surface area contributed by atoms with Crippen LogP contribution in [0, 0.1) is 0 Å². The molecular weight excluding hydrogens is 698 g/mol. The van der Waals surface area contributed by atoms with Crippen LogP contribution in [-0.2, 0) is 36.8 Å². The van der Waals surface area contributed by atoms with Gasteiger partial charge in [-0.05, 0) is 134 Å². The van der Waals surface area contributed by atoms with Crippen LogP contribution < -0.4 is 35.4 Å². The molecular formula is C44H51N3O8. The molecule has 1 aliphatic carbocycles. The van der Waals surface area contributed by atoms with Crippen LogP contribution >= 0.6 is 0 Å². The summed E-state index contributed by atoms with van der Waals surface area (Å²) in [7, 11) is 5.30. The number of aryl methyl sites for hydroxylation is 1. The van der Waals surface area contributed by atoms with Gasteiger partial charge in [-0.1, -0.05) is 18.2 Å². The lowest BCUT2D eigenvalue weighted by Gasteiger charge is -2.47. The molecule has 4 aromatic carbocycles. The van der Waals surface area contributed by atoms with E-state index in [1.807, 2.05) is 38.4 Å². The molecule has 4 unspecified atom stereocenters. The molecule has 0 spiro atoms. The van der Waals surface area contributed by atoms with E-state index in [1.165, 1.54) is 12.7 Å². The van der Waals surface area contributed by atoms with Crippen LogP contribution in [-0.4, -0.2) is 86.4 Å². The van der Waals surface area contributed by atoms with Crippen LogP contribution in [0.2, 0.25) is 0 Å². The molecule has 0 aromatic heterocycles. The highest BCUT2D eigenvalue weighted by Gasteiger charge is 2.50. The standard InChI is InChI=1S/C44H51N3O8/c1-45-23-44(53-24-46-2)21-36-35-18-28(16-25-6-11-37-26(15-25)12-13-47-37)34-20-30(50)7-9-32(34)39(35)42-33(10-8-31(22-49)54-42)41(36)55-43(44)29-17-27(5-4-14-48)40(51)38(19-29)52-3/h6-7,9,11-12,15,17,19-20,28,31,43,45-46,48-51H,4-5,8,10,13-14,16,18,21-24H2,1-3H3. The molecule has 55 heavy (non-hydrogen) atoms. The Balaban J connectivity index is 1.34. The molecule has 0 amide bonds. The van der Waals surface area contributed by atoms with E-state index in [0.717, 1.165) is 67.4 Å². The molecule has 4 aromatic rings. The van der Waals surface area contributed by atoms with Gasteiger partial charge in [0.2, 0.25) is 0 Å². The number of nitrogens with one attached hydrogen (secondary N) is 2. The predicted octanol–water partition coefficient (Wildman–Crippen LogP) is 3.51. The van der Waals surface area contributed by atoms with E-state index in [-0.39, 0.29) is 43.5 Å². The van der Waals surface area contributed by atoms with Gasteiger partial charge in [0.25, 0.3) is 0 Å². The second-order valence-corrected chi connectivity index (χ2v) is 15.2. The molecule has 0 radical (unpaired) electrons. The number of aliphatic hydroxyl groups excluding tert-OH is 2. The van der Waals surface area contributed by atoms with Gasteiger partial charge in [-0.2, -0.15) is 0 Å². The normalized spacial score (nSPS) is 21.8. The van der Waals surface area contributed by atoms with Crippen molar-refractivity contribution in [3.05, 3.63) is 98.1 Å². The summed E-state index contributed by atoms with van der Waals surface area (Å²) in [6.45, 7) is 1.31. The lowest BCUT2D eigenvalue weighted by atomic mass is 9.70. The van der Waals surface area contributed by atoms with Crippen molar-refractivity contribution in [3.8, 4) is 39.9 Å². The zero-order valence-electron chi connectivity index (χ0n) is 31.8. The number of likely N-dealkylation sites (N-methyl/N-ethyl adjacent to an activating group) is 1. The fourth-order valence-electron chi connectivity index (χ4n) is 9.23. The molecule has 6 N–H and O–H groups in total. The van der Waals surface area contributed by atoms with Gasteiger partial charge in [0.05, 0.1) is 32.3 Å². The second kappa shape index (κ2) is 15.5. The highest BCUT2D eigenvalue weighted by atomic mass is 16.6. The highest BCUT2D eigenvalue weighted by Crippen LogP contribution is 2.57. The molecule has 3 heterocycles. The molecule has 0 saturated carbocycles. The number of aliphatic hydroxyl groups is 2. The Morgan fingerprint density at radius 1 is 0.964 bits per heavy atom. The average molecular weight is 750 g/mol. The van der Waals surface area contributed by atoms with Crippen molar-refractivity contribution in [2.75, 3.05) is 54.2 Å². The van der Waals surface area contributed by atoms with E-state index >= 15 is 0 Å². The smallest absolute Gasteiger partial charge is 0.161 e. The largest absolute Gasteiger partial charge is 0.508 e. The Kier molecular flexibility index (Phi) is 10.5. The molecule has 0 saturated heterocycles. The summed E-state index contributed by atoms with van der Waals surface area (Å²) in [5.41, 5.74) is 7.96. The zero-order chi connectivity index (χ0) is 38.3. The summed E-state index contributed by atoms with van der Waals surface area (Å²) in [4.78, 5) is 4.59. The number of phenols is 2. The minimum Gasteiger partial charge on any atom is -0.508 e. The molecule has 3 aliphatic heterocycles. The van der Waals surface area contributed by atoms with Crippen LogP contribution in [0.3, 0.4) is 0 Å². The summed E-state index contributed by atoms with van der Waals surface area (Å²) in [5, 5.41) is 50.8. The molecule has 11 nitrogen and oxygen atoms in total. The summed E-state index contributed by atoms with van der Waals surface area (Å²) < 4.78 is 26.6. The number of aromatic hydroxyl groups is 2. The Labute approximate surface area is 321 Å². The third-order valence-electron chi connectivity index (χ3n) is 11.7. The van der Waals surface area contributed by atoms with Gasteiger partial charge in [-0.15, -0.1) is 0 Å². The second-order valence-electron chi connectivity index (χ2n) is 15.2. The first-order chi connectivity index (χ1) is 26.8. The van der Waals surface area contributed by atoms with Crippen molar-refractivity contribution in [1.29, 1.82) is 0 Å². The number of fused-ring (bicyclic) bond motifs is 9. The Morgan fingerprint density at radius 2 is 1.84 bits per heavy atom. The van der Waals surface area contributed by atoms with Crippen LogP contribution in [0.4, 0.5) is 0 Å². The Morgan fingerprint density at radius 3 is 2.62 bits per heavy atom. The number of methoxy groups -OCH3 is 1. The van der Waals surface area contributed by atoms with E-state index in [4.69, 9.17) is 18.9 Å². The summed E-state index contributed by atoms with van der Waals surface area (Å²) >= 11 is 0. The first-order valence-electron chi connectivity index (χ1n) is 19.4. The maximum atomic E-state index is 11.1. The molecule has 0 bridgehead atoms. The average Bonchev–Trinajstić information content (AvgIpc) is 3.67. The van der Waals surface area contributed by atoms with Gasteiger partial charge in [-0.25, -0.2) is 0 Å². The number of phenolic OH excluding ortho intramolecular Hbond substituents is 2. The number of nitrogens with zero attached hydrogens (tertiary/aromatic N) is 1. The summed E-state index contributed by atoms with van der Waals surface area (Å²) in [6.07, 6.45) is 5.33. The van der Waals surface area contributed by atoms with E-state index in [9.17, 15) is 20.4 Å². The topological polar surface area (TPSA) is 154 Å². The predicted molar refractivity (Wildman–Crippen MR) is 209 cm³/mol. The molecule has 11 heteroatoms. The maximum absolute atomic E-state index is 11.1. The van der Waals surface area contributed by atoms with Gasteiger partial charge < -0.3 is 44.7 Å². The minimum absolute atomic E-state index is 0.00912. The fraction of sp³-hybridized carbons (Fsp3) is 0.432. The number of benzene rings is 4. The quantitative estimate of drug-likeness (QED) is 0.112. The first-order valence-corrected chi connectivity index (χ1v) is 19.4. The summed E-state index contributed by atoms with van der Waals surface area (Å²) in [6, 6.07) is 15.9. The lowest BCUT2D eigenvalue weighted by molar-refractivity contribution is -0.128. The first kappa shape index (κ1) is 37.3. The number of hydrogen-bond acceptors (Lipinski definition) is 11. The highest BCUT2D eigenvalue weighted by molar-refractivity contribution is 5.85. The van der Waals surface area contributed by atoms with Crippen molar-refractivity contribution >= 4 is 6.08 Å². The number of hydrogen-bond donors (Lipinski definition) is 6. The van der Waals surface area contributed by atoms with E-state index in [2.05, 4.69) is 39.9 Å². The molecule has 4 aliphatic rings. The van der Waals surface area contributed by atoms with Crippen LogP contribution in [0.15, 0.2) is 53.5 Å². The van der Waals surface area contributed by atoms with Crippen LogP contribution in [0.25, 0.3) is 17.2 Å². The fourth-order valence-corrected chi connectivity index (χ4v) is 9.23. The Bertz CT molecular complexity index is 2220. The van der Waals surface area contributed by atoms with Gasteiger partial charge in [-0.3, -0.25) is 10.3 Å². The van der Waals surface area contributed by atoms with Crippen LogP contribution in [0.1, 0.15) is 63.8 Å². The molecule has 0 fully saturated rings. The van der Waals surface area contributed by atoms with Crippen LogP contribution in [0.5, 0.6) is 28.7 Å². The van der Waals surface area contributed by atoms with E-state index in [0.29, 0.717) is 62.9 Å². The SMILES string of the molecule is CNCOC1(CNC)Cc2c3c(c4c(c2OC1c1cc(CCCO)c(O)c(OC)c1)CCC(CO)O4)-c1ccc(O)cc1C(Cc1ccc2c(c1)=CCN=2)C3. The third-order valence-corrected chi connectivity index (χ3v) is 11.7. The third kappa shape index (κ3) is 6.72. The van der Waals surface area contributed by atoms with Crippen molar-refractivity contribution in [1.82, 2.24) is 10.6 Å². The van der Waals surface area contributed by atoms with Crippen molar-refractivity contribution in [2.24, 2.45) is 4.99 Å².